The maximum atomic E-state index is 12.3. The lowest BCUT2D eigenvalue weighted by atomic mass is 9.86. The van der Waals surface area contributed by atoms with Crippen LogP contribution < -0.4 is 5.32 Å². The van der Waals surface area contributed by atoms with Crippen LogP contribution in [0, 0.1) is 5.92 Å². The van der Waals surface area contributed by atoms with Crippen LogP contribution in [-0.4, -0.2) is 11.0 Å². The molecule has 2 N–H and O–H groups in total. The largest absolute Gasteiger partial charge is 0.506 e. The van der Waals surface area contributed by atoms with Gasteiger partial charge in [-0.15, -0.1) is 0 Å². The van der Waals surface area contributed by atoms with Gasteiger partial charge in [-0.05, 0) is 36.0 Å². The molecule has 0 bridgehead atoms. The quantitative estimate of drug-likeness (QED) is 0.794. The van der Waals surface area contributed by atoms with E-state index in [0.717, 1.165) is 31.2 Å². The van der Waals surface area contributed by atoms with E-state index in [1.807, 2.05) is 12.1 Å². The second-order valence-corrected chi connectivity index (χ2v) is 6.81. The van der Waals surface area contributed by atoms with E-state index in [9.17, 15) is 9.90 Å². The molecule has 0 radical (unpaired) electrons. The minimum Gasteiger partial charge on any atom is -0.506 e. The Kier molecular flexibility index (Phi) is 4.36. The van der Waals surface area contributed by atoms with Crippen molar-refractivity contribution in [2.75, 3.05) is 5.32 Å². The predicted molar refractivity (Wildman–Crippen MR) is 82.0 cm³/mol. The summed E-state index contributed by atoms with van der Waals surface area (Å²) in [5.74, 6) is 0.287. The molecule has 2 rings (SSSR count). The van der Waals surface area contributed by atoms with Crippen molar-refractivity contribution >= 4 is 11.6 Å². The lowest BCUT2D eigenvalue weighted by molar-refractivity contribution is -0.120. The number of benzene rings is 1. The van der Waals surface area contributed by atoms with E-state index < -0.39 is 0 Å². The van der Waals surface area contributed by atoms with Gasteiger partial charge in [-0.25, -0.2) is 0 Å². The maximum absolute atomic E-state index is 12.3. The first-order chi connectivity index (χ1) is 9.38. The van der Waals surface area contributed by atoms with Crippen molar-refractivity contribution in [1.29, 1.82) is 0 Å². The van der Waals surface area contributed by atoms with Gasteiger partial charge in [0.1, 0.15) is 5.75 Å². The predicted octanol–water partition coefficient (Wildman–Crippen LogP) is 4.21. The minimum atomic E-state index is -0.00197. The molecule has 0 saturated heterocycles. The number of anilines is 1. The van der Waals surface area contributed by atoms with E-state index in [0.29, 0.717) is 5.69 Å². The van der Waals surface area contributed by atoms with Gasteiger partial charge in [-0.3, -0.25) is 4.79 Å². The van der Waals surface area contributed by atoms with Gasteiger partial charge >= 0.3 is 0 Å². The number of phenols is 1. The Morgan fingerprint density at radius 2 is 1.85 bits per heavy atom. The van der Waals surface area contributed by atoms with Crippen LogP contribution >= 0.6 is 0 Å². The molecule has 1 fully saturated rings. The van der Waals surface area contributed by atoms with Gasteiger partial charge in [0.25, 0.3) is 0 Å². The second kappa shape index (κ2) is 5.86. The van der Waals surface area contributed by atoms with Crippen molar-refractivity contribution in [1.82, 2.24) is 0 Å². The fourth-order valence-corrected chi connectivity index (χ4v) is 2.70. The van der Waals surface area contributed by atoms with Crippen LogP contribution in [0.15, 0.2) is 18.2 Å². The lowest BCUT2D eigenvalue weighted by Crippen LogP contribution is -2.25. The highest BCUT2D eigenvalue weighted by Crippen LogP contribution is 2.32. The number of amides is 1. The van der Waals surface area contributed by atoms with Crippen molar-refractivity contribution < 1.29 is 9.90 Å². The summed E-state index contributed by atoms with van der Waals surface area (Å²) < 4.78 is 0. The van der Waals surface area contributed by atoms with Gasteiger partial charge < -0.3 is 10.4 Å². The number of phenolic OH excluding ortho intramolecular Hbond substituents is 1. The number of hydrogen-bond donors (Lipinski definition) is 2. The first-order valence-electron chi connectivity index (χ1n) is 7.52. The highest BCUT2D eigenvalue weighted by molar-refractivity contribution is 5.94. The normalized spacial score (nSPS) is 16.9. The highest BCUT2D eigenvalue weighted by atomic mass is 16.3. The van der Waals surface area contributed by atoms with Crippen molar-refractivity contribution in [3.8, 4) is 5.75 Å². The smallest absolute Gasteiger partial charge is 0.227 e. The van der Waals surface area contributed by atoms with Gasteiger partial charge in [0.05, 0.1) is 5.69 Å². The summed E-state index contributed by atoms with van der Waals surface area (Å²) in [6.45, 7) is 6.35. The number of nitrogens with one attached hydrogen (secondary N) is 1. The Morgan fingerprint density at radius 1 is 1.20 bits per heavy atom. The molecule has 20 heavy (non-hydrogen) atoms. The summed E-state index contributed by atoms with van der Waals surface area (Å²) in [6.07, 6.45) is 5.42. The first-order valence-corrected chi connectivity index (χ1v) is 7.52. The molecule has 1 aliphatic rings. The van der Waals surface area contributed by atoms with Crippen LogP contribution in [0.4, 0.5) is 5.69 Å². The zero-order chi connectivity index (χ0) is 14.8. The van der Waals surface area contributed by atoms with Gasteiger partial charge in [0.15, 0.2) is 0 Å². The van der Waals surface area contributed by atoms with E-state index in [1.54, 1.807) is 6.07 Å². The summed E-state index contributed by atoms with van der Waals surface area (Å²) in [5, 5.41) is 12.8. The average Bonchev–Trinajstić information content (AvgIpc) is 2.41. The molecule has 0 atom stereocenters. The van der Waals surface area contributed by atoms with Crippen molar-refractivity contribution in [2.45, 2.75) is 58.3 Å². The number of carbonyl (C=O) groups excluding carboxylic acids is 1. The molecule has 1 amide bonds. The van der Waals surface area contributed by atoms with E-state index in [1.165, 1.54) is 6.42 Å². The number of rotatable bonds is 2. The topological polar surface area (TPSA) is 49.3 Å². The van der Waals surface area contributed by atoms with Crippen LogP contribution in [0.3, 0.4) is 0 Å². The summed E-state index contributed by atoms with van der Waals surface area (Å²) in [6, 6.07) is 5.46. The highest BCUT2D eigenvalue weighted by Gasteiger charge is 2.22. The summed E-state index contributed by atoms with van der Waals surface area (Å²) in [5.41, 5.74) is 1.64. The summed E-state index contributed by atoms with van der Waals surface area (Å²) in [7, 11) is 0. The standard InChI is InChI=1S/C17H25NO2/c1-17(2,3)13-9-10-15(19)14(11-13)18-16(20)12-7-5-4-6-8-12/h9-12,19H,4-8H2,1-3H3,(H,18,20). The molecule has 0 heterocycles. The van der Waals surface area contributed by atoms with Crippen molar-refractivity contribution in [3.63, 3.8) is 0 Å². The molecule has 1 aromatic rings. The molecule has 3 nitrogen and oxygen atoms in total. The van der Waals surface area contributed by atoms with E-state index in [-0.39, 0.29) is 23.0 Å². The zero-order valence-corrected chi connectivity index (χ0v) is 12.7. The van der Waals surface area contributed by atoms with Crippen LogP contribution in [0.5, 0.6) is 5.75 Å². The first kappa shape index (κ1) is 14.9. The van der Waals surface area contributed by atoms with Gasteiger partial charge in [-0.1, -0.05) is 46.1 Å². The summed E-state index contributed by atoms with van der Waals surface area (Å²) >= 11 is 0. The van der Waals surface area contributed by atoms with Gasteiger partial charge in [-0.2, -0.15) is 0 Å². The zero-order valence-electron chi connectivity index (χ0n) is 12.7. The Bertz CT molecular complexity index is 482. The minimum absolute atomic E-state index is 0.00197. The van der Waals surface area contributed by atoms with Crippen LogP contribution in [-0.2, 0) is 10.2 Å². The van der Waals surface area contributed by atoms with Crippen LogP contribution in [0.25, 0.3) is 0 Å². The Labute approximate surface area is 121 Å². The average molecular weight is 275 g/mol. The van der Waals surface area contributed by atoms with Crippen molar-refractivity contribution in [3.05, 3.63) is 23.8 Å². The molecule has 0 aromatic heterocycles. The van der Waals surface area contributed by atoms with Gasteiger partial charge in [0, 0.05) is 5.92 Å². The lowest BCUT2D eigenvalue weighted by Gasteiger charge is -2.23. The third-order valence-corrected chi connectivity index (χ3v) is 4.10. The van der Waals surface area contributed by atoms with E-state index >= 15 is 0 Å². The maximum Gasteiger partial charge on any atom is 0.227 e. The molecule has 1 aliphatic carbocycles. The molecule has 0 spiro atoms. The van der Waals surface area contributed by atoms with E-state index in [4.69, 9.17) is 0 Å². The van der Waals surface area contributed by atoms with Crippen LogP contribution in [0.1, 0.15) is 58.4 Å². The molecule has 0 aliphatic heterocycles. The third kappa shape index (κ3) is 3.53. The molecule has 0 unspecified atom stereocenters. The van der Waals surface area contributed by atoms with Crippen molar-refractivity contribution in [2.24, 2.45) is 5.92 Å². The molecule has 110 valence electrons. The second-order valence-electron chi connectivity index (χ2n) is 6.81. The monoisotopic (exact) mass is 275 g/mol. The van der Waals surface area contributed by atoms with Gasteiger partial charge in [0.2, 0.25) is 5.91 Å². The Balaban J connectivity index is 2.13. The molecule has 1 saturated carbocycles. The van der Waals surface area contributed by atoms with E-state index in [2.05, 4.69) is 26.1 Å². The fourth-order valence-electron chi connectivity index (χ4n) is 2.70. The molecular formula is C17H25NO2. The number of aromatic hydroxyl groups is 1. The number of hydrogen-bond acceptors (Lipinski definition) is 2. The molecule has 3 heteroatoms. The van der Waals surface area contributed by atoms with Crippen LogP contribution in [0.2, 0.25) is 0 Å². The fraction of sp³-hybridized carbons (Fsp3) is 0.588. The molecule has 1 aromatic carbocycles. The third-order valence-electron chi connectivity index (χ3n) is 4.10. The SMILES string of the molecule is CC(C)(C)c1ccc(O)c(NC(=O)C2CCCCC2)c1. The summed E-state index contributed by atoms with van der Waals surface area (Å²) in [4.78, 5) is 12.3. The number of carbonyl (C=O) groups is 1. The Hall–Kier alpha value is -1.51. The Morgan fingerprint density at radius 3 is 2.45 bits per heavy atom. The molecular weight excluding hydrogens is 250 g/mol.